The lowest BCUT2D eigenvalue weighted by Gasteiger charge is -2.24. The van der Waals surface area contributed by atoms with E-state index in [-0.39, 0.29) is 12.5 Å². The van der Waals surface area contributed by atoms with Crippen LogP contribution in [-0.2, 0) is 0 Å². The van der Waals surface area contributed by atoms with E-state index in [2.05, 4.69) is 34.6 Å². The van der Waals surface area contributed by atoms with Gasteiger partial charge in [-0.3, -0.25) is 4.79 Å². The zero-order valence-electron chi connectivity index (χ0n) is 12.7. The third-order valence-electron chi connectivity index (χ3n) is 3.48. The number of para-hydroxylation sites is 1. The van der Waals surface area contributed by atoms with Gasteiger partial charge in [0.2, 0.25) is 0 Å². The van der Waals surface area contributed by atoms with Gasteiger partial charge in [0.25, 0.3) is 5.91 Å². The van der Waals surface area contributed by atoms with Crippen molar-refractivity contribution in [3.63, 3.8) is 0 Å². The molecule has 0 aliphatic carbocycles. The number of hydrogen-bond acceptors (Lipinski definition) is 4. The van der Waals surface area contributed by atoms with Crippen molar-refractivity contribution < 1.29 is 9.90 Å². The number of amides is 1. The summed E-state index contributed by atoms with van der Waals surface area (Å²) in [5, 5.41) is 23.5. The lowest BCUT2D eigenvalue weighted by atomic mass is 9.95. The van der Waals surface area contributed by atoms with Crippen molar-refractivity contribution in [1.29, 1.82) is 0 Å². The van der Waals surface area contributed by atoms with Gasteiger partial charge < -0.3 is 10.4 Å². The topological polar surface area (TPSA) is 90.9 Å². The Bertz CT molecular complexity index is 619. The predicted octanol–water partition coefficient (Wildman–Crippen LogP) is 1.87. The normalized spacial score (nSPS) is 14.3. The van der Waals surface area contributed by atoms with E-state index < -0.39 is 5.60 Å². The van der Waals surface area contributed by atoms with Gasteiger partial charge in [-0.05, 0) is 37.8 Å². The minimum Gasteiger partial charge on any atom is -0.388 e. The fourth-order valence-corrected chi connectivity index (χ4v) is 2.11. The first-order chi connectivity index (χ1) is 9.89. The van der Waals surface area contributed by atoms with E-state index in [0.717, 1.165) is 6.42 Å². The third kappa shape index (κ3) is 4.01. The molecule has 0 saturated heterocycles. The molecule has 0 saturated carbocycles. The monoisotopic (exact) mass is 290 g/mol. The molecule has 2 rings (SSSR count). The lowest BCUT2D eigenvalue weighted by molar-refractivity contribution is 0.0429. The lowest BCUT2D eigenvalue weighted by Crippen LogP contribution is -2.40. The molecule has 1 heterocycles. The number of aliphatic hydroxyl groups is 1. The van der Waals surface area contributed by atoms with Gasteiger partial charge in [0.15, 0.2) is 0 Å². The Kier molecular flexibility index (Phi) is 4.57. The summed E-state index contributed by atoms with van der Waals surface area (Å²) in [6, 6.07) is 5.24. The van der Waals surface area contributed by atoms with Crippen LogP contribution in [0.15, 0.2) is 18.2 Å². The van der Waals surface area contributed by atoms with Crippen molar-refractivity contribution in [1.82, 2.24) is 20.7 Å². The van der Waals surface area contributed by atoms with Gasteiger partial charge in [-0.25, -0.2) is 0 Å². The summed E-state index contributed by atoms with van der Waals surface area (Å²) in [5.41, 5.74) is 0.740. The van der Waals surface area contributed by atoms with E-state index in [4.69, 9.17) is 0 Å². The van der Waals surface area contributed by atoms with Gasteiger partial charge in [-0.1, -0.05) is 19.9 Å². The molecule has 6 heteroatoms. The molecular weight excluding hydrogens is 268 g/mol. The standard InChI is InChI=1S/C15H22N4O2/c1-10(2)7-8-15(3,21)9-16-14(20)11-5-4-6-12-13(11)18-19-17-12/h4-6,10,21H,7-9H2,1-3H3,(H,16,20)(H,17,18,19). The fourth-order valence-electron chi connectivity index (χ4n) is 2.11. The van der Waals surface area contributed by atoms with Gasteiger partial charge in [0, 0.05) is 6.54 Å². The van der Waals surface area contributed by atoms with E-state index in [1.165, 1.54) is 0 Å². The first-order valence-electron chi connectivity index (χ1n) is 7.19. The number of rotatable bonds is 6. The number of carbonyl (C=O) groups excluding carboxylic acids is 1. The summed E-state index contributed by atoms with van der Waals surface area (Å²) in [4.78, 5) is 12.2. The van der Waals surface area contributed by atoms with Crippen LogP contribution in [0.1, 0.15) is 44.0 Å². The zero-order valence-corrected chi connectivity index (χ0v) is 12.7. The molecule has 0 bridgehead atoms. The van der Waals surface area contributed by atoms with Gasteiger partial charge >= 0.3 is 0 Å². The number of hydrogen-bond donors (Lipinski definition) is 3. The van der Waals surface area contributed by atoms with Gasteiger partial charge in [-0.15, -0.1) is 0 Å². The van der Waals surface area contributed by atoms with Crippen LogP contribution >= 0.6 is 0 Å². The van der Waals surface area contributed by atoms with E-state index in [0.29, 0.717) is 28.9 Å². The second-order valence-corrected chi connectivity index (χ2v) is 6.11. The van der Waals surface area contributed by atoms with Gasteiger partial charge in [0.05, 0.1) is 11.2 Å². The Balaban J connectivity index is 2.00. The molecule has 21 heavy (non-hydrogen) atoms. The van der Waals surface area contributed by atoms with Gasteiger partial charge in [-0.2, -0.15) is 15.4 Å². The van der Waals surface area contributed by atoms with Crippen molar-refractivity contribution in [3.8, 4) is 0 Å². The summed E-state index contributed by atoms with van der Waals surface area (Å²) >= 11 is 0. The summed E-state index contributed by atoms with van der Waals surface area (Å²) in [7, 11) is 0. The molecule has 1 unspecified atom stereocenters. The minimum atomic E-state index is -0.905. The third-order valence-corrected chi connectivity index (χ3v) is 3.48. The number of nitrogens with one attached hydrogen (secondary N) is 2. The summed E-state index contributed by atoms with van der Waals surface area (Å²) in [5.74, 6) is 0.273. The van der Waals surface area contributed by atoms with Crippen molar-refractivity contribution >= 4 is 16.9 Å². The quantitative estimate of drug-likeness (QED) is 0.757. The average Bonchev–Trinajstić information content (AvgIpc) is 2.91. The largest absolute Gasteiger partial charge is 0.388 e. The van der Waals surface area contributed by atoms with E-state index in [1.54, 1.807) is 25.1 Å². The molecule has 3 N–H and O–H groups in total. The molecule has 114 valence electrons. The summed E-state index contributed by atoms with van der Waals surface area (Å²) in [6.07, 6.45) is 1.57. The Morgan fingerprint density at radius 2 is 2.19 bits per heavy atom. The summed E-state index contributed by atoms with van der Waals surface area (Å²) in [6.45, 7) is 6.18. The highest BCUT2D eigenvalue weighted by atomic mass is 16.3. The molecule has 0 aliphatic rings. The van der Waals surface area contributed by atoms with Crippen molar-refractivity contribution in [2.24, 2.45) is 5.92 Å². The number of aromatic nitrogens is 3. The molecule has 2 aromatic rings. The van der Waals surface area contributed by atoms with Crippen LogP contribution in [0.4, 0.5) is 0 Å². The SMILES string of the molecule is CC(C)CCC(C)(O)CNC(=O)c1cccc2n[nH]nc12. The number of fused-ring (bicyclic) bond motifs is 1. The van der Waals surface area contributed by atoms with Crippen molar-refractivity contribution in [2.45, 2.75) is 39.2 Å². The van der Waals surface area contributed by atoms with Crippen LogP contribution in [0, 0.1) is 5.92 Å². The molecule has 0 radical (unpaired) electrons. The van der Waals surface area contributed by atoms with E-state index in [1.807, 2.05) is 0 Å². The number of nitrogens with zero attached hydrogens (tertiary/aromatic N) is 2. The Morgan fingerprint density at radius 1 is 1.43 bits per heavy atom. The number of H-pyrrole nitrogens is 1. The highest BCUT2D eigenvalue weighted by Crippen LogP contribution is 2.17. The van der Waals surface area contributed by atoms with Crippen LogP contribution in [0.3, 0.4) is 0 Å². The van der Waals surface area contributed by atoms with E-state index >= 15 is 0 Å². The Hall–Kier alpha value is -1.95. The molecular formula is C15H22N4O2. The number of aromatic amines is 1. The molecule has 1 amide bonds. The molecule has 0 aliphatic heterocycles. The predicted molar refractivity (Wildman–Crippen MR) is 80.9 cm³/mol. The van der Waals surface area contributed by atoms with Gasteiger partial charge in [0.1, 0.15) is 11.0 Å². The van der Waals surface area contributed by atoms with E-state index in [9.17, 15) is 9.90 Å². The first kappa shape index (κ1) is 15.4. The maximum absolute atomic E-state index is 12.2. The van der Waals surface area contributed by atoms with Crippen LogP contribution in [0.2, 0.25) is 0 Å². The molecule has 1 aromatic carbocycles. The Labute approximate surface area is 123 Å². The first-order valence-corrected chi connectivity index (χ1v) is 7.19. The molecule has 1 aromatic heterocycles. The van der Waals surface area contributed by atoms with Crippen LogP contribution in [0.5, 0.6) is 0 Å². The maximum atomic E-state index is 12.2. The van der Waals surface area contributed by atoms with Crippen LogP contribution in [0.25, 0.3) is 11.0 Å². The highest BCUT2D eigenvalue weighted by molar-refractivity contribution is 6.04. The van der Waals surface area contributed by atoms with Crippen molar-refractivity contribution in [3.05, 3.63) is 23.8 Å². The molecule has 1 atom stereocenters. The van der Waals surface area contributed by atoms with Crippen molar-refractivity contribution in [2.75, 3.05) is 6.54 Å². The Morgan fingerprint density at radius 3 is 2.90 bits per heavy atom. The zero-order chi connectivity index (χ0) is 15.5. The number of benzene rings is 1. The second-order valence-electron chi connectivity index (χ2n) is 6.11. The number of carbonyl (C=O) groups is 1. The summed E-state index contributed by atoms with van der Waals surface area (Å²) < 4.78 is 0. The molecule has 6 nitrogen and oxygen atoms in total. The minimum absolute atomic E-state index is 0.215. The maximum Gasteiger partial charge on any atom is 0.253 e. The van der Waals surface area contributed by atoms with Crippen LogP contribution in [-0.4, -0.2) is 38.6 Å². The second kappa shape index (κ2) is 6.22. The van der Waals surface area contributed by atoms with Crippen LogP contribution < -0.4 is 5.32 Å². The highest BCUT2D eigenvalue weighted by Gasteiger charge is 2.22. The average molecular weight is 290 g/mol. The fraction of sp³-hybridized carbons (Fsp3) is 0.533. The smallest absolute Gasteiger partial charge is 0.253 e. The molecule has 0 spiro atoms. The molecule has 0 fully saturated rings.